The molecule has 2 heterocycles. The number of furan rings is 1. The third-order valence-electron chi connectivity index (χ3n) is 4.60. The molecule has 0 saturated heterocycles. The second kappa shape index (κ2) is 8.82. The molecule has 0 aliphatic heterocycles. The van der Waals surface area contributed by atoms with E-state index in [-0.39, 0.29) is 24.5 Å². The fraction of sp³-hybridized carbons (Fsp3) is 0.273. The maximum atomic E-state index is 12.8. The van der Waals surface area contributed by atoms with Gasteiger partial charge >= 0.3 is 0 Å². The number of ketones is 1. The van der Waals surface area contributed by atoms with Gasteiger partial charge in [0.05, 0.1) is 19.4 Å². The summed E-state index contributed by atoms with van der Waals surface area (Å²) in [5.41, 5.74) is 2.91. The van der Waals surface area contributed by atoms with Crippen LogP contribution in [0.15, 0.2) is 58.5 Å². The fourth-order valence-electron chi connectivity index (χ4n) is 2.85. The van der Waals surface area contributed by atoms with Gasteiger partial charge in [-0.3, -0.25) is 9.59 Å². The minimum Gasteiger partial charge on any atom is -0.467 e. The lowest BCUT2D eigenvalue weighted by Crippen LogP contribution is -2.30. The molecule has 0 aliphatic carbocycles. The maximum Gasteiger partial charge on any atom is 0.223 e. The van der Waals surface area contributed by atoms with Gasteiger partial charge in [0, 0.05) is 23.3 Å². The number of hydrogen-bond donors (Lipinski definition) is 0. The highest BCUT2D eigenvalue weighted by atomic mass is 32.1. The van der Waals surface area contributed by atoms with Crippen LogP contribution < -0.4 is 0 Å². The van der Waals surface area contributed by atoms with Gasteiger partial charge in [-0.25, -0.2) is 0 Å². The van der Waals surface area contributed by atoms with Crippen molar-refractivity contribution in [3.05, 3.63) is 81.4 Å². The number of hydrogen-bond acceptors (Lipinski definition) is 4. The average molecular weight is 381 g/mol. The lowest BCUT2D eigenvalue weighted by Gasteiger charge is -2.21. The molecule has 3 aromatic rings. The van der Waals surface area contributed by atoms with E-state index in [0.29, 0.717) is 18.7 Å². The van der Waals surface area contributed by atoms with Gasteiger partial charge in [-0.1, -0.05) is 18.2 Å². The van der Waals surface area contributed by atoms with E-state index in [1.165, 1.54) is 0 Å². The second-order valence-electron chi connectivity index (χ2n) is 6.63. The third-order valence-corrected chi connectivity index (χ3v) is 5.46. The number of thiophene rings is 1. The van der Waals surface area contributed by atoms with Crippen molar-refractivity contribution in [2.24, 2.45) is 0 Å². The van der Waals surface area contributed by atoms with Gasteiger partial charge < -0.3 is 9.32 Å². The number of carbonyl (C=O) groups is 2. The summed E-state index contributed by atoms with van der Waals surface area (Å²) in [6, 6.07) is 13.3. The lowest BCUT2D eigenvalue weighted by atomic mass is 10.0. The SMILES string of the molecule is Cc1ccc(C(=O)CCC(=O)N(Cc2ccco2)Cc2cccs2)cc1C. The fourth-order valence-corrected chi connectivity index (χ4v) is 3.57. The molecule has 1 amide bonds. The molecule has 140 valence electrons. The first kappa shape index (κ1) is 19.1. The standard InChI is InChI=1S/C22H23NO3S/c1-16-7-8-18(13-17(16)2)21(24)9-10-22(25)23(14-19-5-3-11-26-19)15-20-6-4-12-27-20/h3-8,11-13H,9-10,14-15H2,1-2H3. The van der Waals surface area contributed by atoms with Crippen LogP contribution in [0, 0.1) is 13.8 Å². The zero-order chi connectivity index (χ0) is 19.2. The molecule has 0 bridgehead atoms. The van der Waals surface area contributed by atoms with Gasteiger partial charge in [-0.05, 0) is 54.6 Å². The van der Waals surface area contributed by atoms with Crippen molar-refractivity contribution in [1.29, 1.82) is 0 Å². The summed E-state index contributed by atoms with van der Waals surface area (Å²) in [5.74, 6) is 0.692. The Morgan fingerprint density at radius 3 is 2.52 bits per heavy atom. The first-order valence-electron chi connectivity index (χ1n) is 8.96. The maximum absolute atomic E-state index is 12.8. The number of benzene rings is 1. The Morgan fingerprint density at radius 2 is 1.85 bits per heavy atom. The number of carbonyl (C=O) groups excluding carboxylic acids is 2. The molecule has 0 radical (unpaired) electrons. The van der Waals surface area contributed by atoms with E-state index in [1.54, 1.807) is 22.5 Å². The molecule has 2 aromatic heterocycles. The van der Waals surface area contributed by atoms with Gasteiger partial charge in [0.15, 0.2) is 5.78 Å². The predicted octanol–water partition coefficient (Wildman–Crippen LogP) is 5.15. The zero-order valence-corrected chi connectivity index (χ0v) is 16.4. The molecule has 5 heteroatoms. The highest BCUT2D eigenvalue weighted by Crippen LogP contribution is 2.17. The van der Waals surface area contributed by atoms with Crippen molar-refractivity contribution >= 4 is 23.0 Å². The molecule has 0 saturated carbocycles. The van der Waals surface area contributed by atoms with Crippen LogP contribution in [-0.4, -0.2) is 16.6 Å². The Balaban J connectivity index is 1.64. The number of nitrogens with zero attached hydrogens (tertiary/aromatic N) is 1. The Morgan fingerprint density at radius 1 is 1.00 bits per heavy atom. The smallest absolute Gasteiger partial charge is 0.223 e. The molecule has 0 N–H and O–H groups in total. The van der Waals surface area contributed by atoms with Crippen LogP contribution in [0.25, 0.3) is 0 Å². The largest absolute Gasteiger partial charge is 0.467 e. The van der Waals surface area contributed by atoms with E-state index < -0.39 is 0 Å². The van der Waals surface area contributed by atoms with Crippen LogP contribution >= 0.6 is 11.3 Å². The molecule has 27 heavy (non-hydrogen) atoms. The van der Waals surface area contributed by atoms with Crippen LogP contribution in [0.3, 0.4) is 0 Å². The lowest BCUT2D eigenvalue weighted by molar-refractivity contribution is -0.132. The first-order valence-corrected chi connectivity index (χ1v) is 9.84. The van der Waals surface area contributed by atoms with Gasteiger partial charge in [0.1, 0.15) is 5.76 Å². The highest BCUT2D eigenvalue weighted by molar-refractivity contribution is 7.09. The van der Waals surface area contributed by atoms with E-state index >= 15 is 0 Å². The summed E-state index contributed by atoms with van der Waals surface area (Å²) in [6.45, 7) is 4.93. The minimum atomic E-state index is -0.0445. The van der Waals surface area contributed by atoms with E-state index in [0.717, 1.165) is 21.8 Å². The van der Waals surface area contributed by atoms with Crippen LogP contribution in [0.4, 0.5) is 0 Å². The third kappa shape index (κ3) is 5.17. The molecule has 4 nitrogen and oxygen atoms in total. The molecule has 0 fully saturated rings. The highest BCUT2D eigenvalue weighted by Gasteiger charge is 2.18. The normalized spacial score (nSPS) is 10.7. The van der Waals surface area contributed by atoms with Gasteiger partial charge in [-0.2, -0.15) is 0 Å². The van der Waals surface area contributed by atoms with E-state index in [4.69, 9.17) is 4.42 Å². The molecule has 0 aliphatic rings. The molecule has 0 unspecified atom stereocenters. The number of aryl methyl sites for hydroxylation is 2. The van der Waals surface area contributed by atoms with Crippen LogP contribution in [-0.2, 0) is 17.9 Å². The van der Waals surface area contributed by atoms with Crippen molar-refractivity contribution in [3.63, 3.8) is 0 Å². The quantitative estimate of drug-likeness (QED) is 0.507. The zero-order valence-electron chi connectivity index (χ0n) is 15.6. The molecular weight excluding hydrogens is 358 g/mol. The summed E-state index contributed by atoms with van der Waals surface area (Å²) < 4.78 is 5.40. The van der Waals surface area contributed by atoms with Crippen molar-refractivity contribution < 1.29 is 14.0 Å². The molecule has 3 rings (SSSR count). The molecule has 0 atom stereocenters. The van der Waals surface area contributed by atoms with E-state index in [2.05, 4.69) is 0 Å². The predicted molar refractivity (Wildman–Crippen MR) is 107 cm³/mol. The van der Waals surface area contributed by atoms with Crippen LogP contribution in [0.5, 0.6) is 0 Å². The monoisotopic (exact) mass is 381 g/mol. The average Bonchev–Trinajstić information content (AvgIpc) is 3.35. The van der Waals surface area contributed by atoms with E-state index in [9.17, 15) is 9.59 Å². The Hall–Kier alpha value is -2.66. The van der Waals surface area contributed by atoms with Crippen molar-refractivity contribution in [1.82, 2.24) is 4.90 Å². The van der Waals surface area contributed by atoms with Gasteiger partial charge in [0.25, 0.3) is 0 Å². The second-order valence-corrected chi connectivity index (χ2v) is 7.66. The summed E-state index contributed by atoms with van der Waals surface area (Å²) >= 11 is 1.61. The summed E-state index contributed by atoms with van der Waals surface area (Å²) in [6.07, 6.45) is 2.00. The Kier molecular flexibility index (Phi) is 6.24. The number of amides is 1. The summed E-state index contributed by atoms with van der Waals surface area (Å²) in [5, 5.41) is 1.99. The molecule has 0 spiro atoms. The first-order chi connectivity index (χ1) is 13.0. The summed E-state index contributed by atoms with van der Waals surface area (Å²) in [4.78, 5) is 28.1. The minimum absolute atomic E-state index is 0.000484. The van der Waals surface area contributed by atoms with Crippen LogP contribution in [0.1, 0.15) is 45.0 Å². The van der Waals surface area contributed by atoms with Crippen LogP contribution in [0.2, 0.25) is 0 Å². The number of Topliss-reactive ketones (excluding diaryl/α,β-unsaturated/α-hetero) is 1. The number of rotatable bonds is 8. The van der Waals surface area contributed by atoms with Crippen molar-refractivity contribution in [2.75, 3.05) is 0 Å². The van der Waals surface area contributed by atoms with Gasteiger partial charge in [-0.15, -0.1) is 11.3 Å². The molecular formula is C22H23NO3S. The Labute approximate surface area is 163 Å². The van der Waals surface area contributed by atoms with Crippen molar-refractivity contribution in [3.8, 4) is 0 Å². The van der Waals surface area contributed by atoms with Gasteiger partial charge in [0.2, 0.25) is 5.91 Å². The van der Waals surface area contributed by atoms with E-state index in [1.807, 2.05) is 61.7 Å². The topological polar surface area (TPSA) is 50.5 Å². The summed E-state index contributed by atoms with van der Waals surface area (Å²) in [7, 11) is 0. The molecule has 1 aromatic carbocycles. The van der Waals surface area contributed by atoms with Crippen molar-refractivity contribution in [2.45, 2.75) is 39.8 Å². The Bertz CT molecular complexity index is 862.